The van der Waals surface area contributed by atoms with Crippen molar-refractivity contribution in [3.63, 3.8) is 0 Å². The number of rotatable bonds is 4. The van der Waals surface area contributed by atoms with Crippen LogP contribution in [-0.4, -0.2) is 28.9 Å². The highest BCUT2D eigenvalue weighted by atomic mass is 32.3. The molecule has 0 radical (unpaired) electrons. The van der Waals surface area contributed by atoms with Gasteiger partial charge in [0.15, 0.2) is 0 Å². The van der Waals surface area contributed by atoms with Crippen molar-refractivity contribution in [1.29, 1.82) is 0 Å². The Kier molecular flexibility index (Phi) is 5.37. The molecule has 0 spiro atoms. The topological polar surface area (TPSA) is 63.6 Å². The van der Waals surface area contributed by atoms with E-state index >= 15 is 0 Å². The number of sulfonamides is 1. The summed E-state index contributed by atoms with van der Waals surface area (Å²) in [5, 5.41) is -0.507. The zero-order valence-electron chi connectivity index (χ0n) is 14.5. The highest BCUT2D eigenvalue weighted by molar-refractivity contribution is 8.07. The molecule has 2 unspecified atom stereocenters. The lowest BCUT2D eigenvalue weighted by Crippen LogP contribution is -2.37. The van der Waals surface area contributed by atoms with Crippen molar-refractivity contribution >= 4 is 31.5 Å². The molecular weight excluding hydrogens is 362 g/mol. The summed E-state index contributed by atoms with van der Waals surface area (Å²) in [7, 11) is -7.11. The van der Waals surface area contributed by atoms with Crippen LogP contribution in [0.15, 0.2) is 56.1 Å². The molecule has 0 aromatic heterocycles. The minimum Gasteiger partial charge on any atom is -0.247 e. The minimum absolute atomic E-state index is 0.0710. The van der Waals surface area contributed by atoms with Crippen molar-refractivity contribution in [2.75, 3.05) is 6.26 Å². The van der Waals surface area contributed by atoms with E-state index in [0.717, 1.165) is 10.5 Å². The van der Waals surface area contributed by atoms with Gasteiger partial charge in [0.2, 0.25) is 0 Å². The molecule has 0 saturated carbocycles. The molecule has 2 atom stereocenters. The molecule has 1 aliphatic rings. The molecule has 1 aromatic carbocycles. The molecule has 0 N–H and O–H groups in total. The van der Waals surface area contributed by atoms with Crippen LogP contribution >= 0.6 is 11.8 Å². The third-order valence-electron chi connectivity index (χ3n) is 3.81. The molecule has 7 heteroatoms. The third kappa shape index (κ3) is 3.63. The quantitative estimate of drug-likeness (QED) is 0.781. The Bertz CT molecular complexity index is 895. The van der Waals surface area contributed by atoms with Gasteiger partial charge in [0, 0.05) is 9.65 Å². The summed E-state index contributed by atoms with van der Waals surface area (Å²) in [6.45, 7) is 7.19. The zero-order valence-corrected chi connectivity index (χ0v) is 17.0. The van der Waals surface area contributed by atoms with Gasteiger partial charge in [-0.3, -0.25) is 0 Å². The summed E-state index contributed by atoms with van der Waals surface area (Å²) < 4.78 is 42.5. The maximum Gasteiger partial charge on any atom is 0.290 e. The molecule has 132 valence electrons. The van der Waals surface area contributed by atoms with Crippen LogP contribution in [0.3, 0.4) is 0 Å². The summed E-state index contributed by atoms with van der Waals surface area (Å²) in [6, 6.07) is 6.44. The first-order valence-electron chi connectivity index (χ1n) is 7.52. The Hall–Kier alpha value is -1.05. The molecular formula is C17H23NO3S3. The Balaban J connectivity index is 2.67. The predicted molar refractivity (Wildman–Crippen MR) is 103 cm³/mol. The van der Waals surface area contributed by atoms with Crippen LogP contribution in [0.2, 0.25) is 0 Å². The van der Waals surface area contributed by atoms with Crippen LogP contribution in [0.1, 0.15) is 26.3 Å². The summed E-state index contributed by atoms with van der Waals surface area (Å²) >= 11 is 1.47. The average Bonchev–Trinajstić information content (AvgIpc) is 2.95. The van der Waals surface area contributed by atoms with Crippen molar-refractivity contribution in [1.82, 2.24) is 0 Å². The molecule has 0 heterocycles. The molecule has 2 rings (SSSR count). The van der Waals surface area contributed by atoms with Crippen molar-refractivity contribution in [2.45, 2.75) is 42.6 Å². The van der Waals surface area contributed by atoms with Gasteiger partial charge in [-0.1, -0.05) is 35.9 Å². The molecule has 0 amide bonds. The van der Waals surface area contributed by atoms with Gasteiger partial charge in [-0.05, 0) is 46.1 Å². The monoisotopic (exact) mass is 385 g/mol. The first kappa shape index (κ1) is 19.3. The summed E-state index contributed by atoms with van der Waals surface area (Å²) in [5.41, 5.74) is 0.955. The van der Waals surface area contributed by atoms with Crippen LogP contribution in [0.25, 0.3) is 0 Å². The van der Waals surface area contributed by atoms with Gasteiger partial charge in [0.25, 0.3) is 10.0 Å². The Labute approximate surface area is 149 Å². The maximum atomic E-state index is 13.8. The number of allylic oxidation sites excluding steroid dienone is 2. The summed E-state index contributed by atoms with van der Waals surface area (Å²) in [4.78, 5) is 0.944. The number of thioether (sulfide) groups is 1. The first-order valence-corrected chi connectivity index (χ1v) is 11.8. The fourth-order valence-corrected chi connectivity index (χ4v) is 8.25. The first-order chi connectivity index (χ1) is 11.0. The third-order valence-corrected chi connectivity index (χ3v) is 10.2. The Morgan fingerprint density at radius 1 is 1.08 bits per heavy atom. The van der Waals surface area contributed by atoms with E-state index in [1.807, 2.05) is 25.3 Å². The van der Waals surface area contributed by atoms with E-state index in [0.29, 0.717) is 0 Å². The molecule has 0 aliphatic heterocycles. The fraction of sp³-hybridized carbons (Fsp3) is 0.412. The molecule has 1 aliphatic carbocycles. The second kappa shape index (κ2) is 6.69. The smallest absolute Gasteiger partial charge is 0.247 e. The van der Waals surface area contributed by atoms with Crippen molar-refractivity contribution in [3.05, 3.63) is 53.0 Å². The lowest BCUT2D eigenvalue weighted by molar-refractivity contribution is 0.596. The van der Waals surface area contributed by atoms with Crippen molar-refractivity contribution in [3.8, 4) is 0 Å². The van der Waals surface area contributed by atoms with E-state index in [2.05, 4.69) is 3.77 Å². The summed E-state index contributed by atoms with van der Waals surface area (Å²) in [6.07, 6.45) is 7.36. The van der Waals surface area contributed by atoms with Gasteiger partial charge in [-0.25, -0.2) is 4.21 Å². The molecule has 4 nitrogen and oxygen atoms in total. The number of nitrogens with zero attached hydrogens (tertiary/aromatic N) is 1. The molecule has 24 heavy (non-hydrogen) atoms. The van der Waals surface area contributed by atoms with Crippen molar-refractivity contribution < 1.29 is 12.6 Å². The molecule has 0 fully saturated rings. The van der Waals surface area contributed by atoms with E-state index in [-0.39, 0.29) is 4.90 Å². The number of benzene rings is 1. The fourth-order valence-electron chi connectivity index (χ4n) is 2.33. The highest BCUT2D eigenvalue weighted by Crippen LogP contribution is 2.36. The minimum atomic E-state index is -4.01. The van der Waals surface area contributed by atoms with Crippen LogP contribution < -0.4 is 0 Å². The van der Waals surface area contributed by atoms with Gasteiger partial charge >= 0.3 is 0 Å². The van der Waals surface area contributed by atoms with E-state index in [1.165, 1.54) is 23.9 Å². The number of aryl methyl sites for hydroxylation is 1. The molecule has 0 bridgehead atoms. The van der Waals surface area contributed by atoms with Crippen molar-refractivity contribution in [2.24, 2.45) is 3.77 Å². The van der Waals surface area contributed by atoms with Gasteiger partial charge in [-0.15, -0.1) is 15.5 Å². The second-order valence-electron chi connectivity index (χ2n) is 6.62. The maximum absolute atomic E-state index is 13.8. The second-order valence-corrected chi connectivity index (χ2v) is 12.4. The van der Waals surface area contributed by atoms with E-state index in [1.54, 1.807) is 39.0 Å². The normalized spacial score (nSPS) is 20.5. The zero-order chi connectivity index (χ0) is 18.2. The largest absolute Gasteiger partial charge is 0.290 e. The van der Waals surface area contributed by atoms with Crippen LogP contribution in [0, 0.1) is 6.92 Å². The lowest BCUT2D eigenvalue weighted by atomic mass is 10.2. The van der Waals surface area contributed by atoms with Gasteiger partial charge in [-0.2, -0.15) is 8.42 Å². The van der Waals surface area contributed by atoms with Gasteiger partial charge in [0.1, 0.15) is 0 Å². The standard InChI is InChI=1S/C17H23NO3S3/c1-13-9-11-14(12-10-13)24(20,21)18-23(19,17(2,3)4)16-8-6-7-15(16)22-5/h6-12,16H,1-5H3. The van der Waals surface area contributed by atoms with Gasteiger partial charge in [0.05, 0.1) is 19.9 Å². The Morgan fingerprint density at radius 2 is 1.67 bits per heavy atom. The van der Waals surface area contributed by atoms with Crippen LogP contribution in [0.5, 0.6) is 0 Å². The van der Waals surface area contributed by atoms with E-state index in [9.17, 15) is 12.6 Å². The van der Waals surface area contributed by atoms with E-state index in [4.69, 9.17) is 0 Å². The molecule has 0 saturated heterocycles. The Morgan fingerprint density at radius 3 is 2.17 bits per heavy atom. The highest BCUT2D eigenvalue weighted by Gasteiger charge is 2.39. The number of hydrogen-bond donors (Lipinski definition) is 0. The van der Waals surface area contributed by atoms with Crippen LogP contribution in [-0.2, 0) is 19.8 Å². The lowest BCUT2D eigenvalue weighted by Gasteiger charge is -2.29. The van der Waals surface area contributed by atoms with Crippen LogP contribution in [0.4, 0.5) is 0 Å². The predicted octanol–water partition coefficient (Wildman–Crippen LogP) is 4.14. The average molecular weight is 386 g/mol. The molecule has 1 aromatic rings. The number of hydrogen-bond acceptors (Lipinski definition) is 4. The SMILES string of the molecule is CSC1=CC=CC1S(=O)(=NS(=O)(=O)c1ccc(C)cc1)C(C)(C)C. The van der Waals surface area contributed by atoms with Gasteiger partial charge < -0.3 is 0 Å². The van der Waals surface area contributed by atoms with E-state index < -0.39 is 29.7 Å². The summed E-state index contributed by atoms with van der Waals surface area (Å²) in [5.74, 6) is 0.